The van der Waals surface area contributed by atoms with Crippen LogP contribution in [0.5, 0.6) is 0 Å². The molecule has 1 rings (SSSR count). The number of thioether (sulfide) groups is 1. The number of hydrogen-bond acceptors (Lipinski definition) is 4. The van der Waals surface area contributed by atoms with Crippen LogP contribution in [0.4, 0.5) is 0 Å². The second-order valence-corrected chi connectivity index (χ2v) is 4.76. The van der Waals surface area contributed by atoms with Gasteiger partial charge < -0.3 is 10.1 Å². The van der Waals surface area contributed by atoms with Gasteiger partial charge in [-0.1, -0.05) is 6.92 Å². The third-order valence-electron chi connectivity index (χ3n) is 2.55. The summed E-state index contributed by atoms with van der Waals surface area (Å²) in [5.41, 5.74) is 0. The number of hydrogen-bond donors (Lipinski definition) is 1. The number of ether oxygens (including phenoxy) is 1. The van der Waals surface area contributed by atoms with Crippen molar-refractivity contribution in [3.8, 4) is 0 Å². The van der Waals surface area contributed by atoms with Crippen LogP contribution in [0.25, 0.3) is 0 Å². The zero-order chi connectivity index (χ0) is 10.4. The highest BCUT2D eigenvalue weighted by atomic mass is 32.2. The minimum atomic E-state index is -0.134. The lowest BCUT2D eigenvalue weighted by molar-refractivity contribution is -0.143. The van der Waals surface area contributed by atoms with Crippen LogP contribution in [-0.2, 0) is 9.53 Å². The largest absolute Gasteiger partial charge is 0.468 e. The molecule has 1 aliphatic rings. The Balaban J connectivity index is 2.34. The predicted molar refractivity (Wildman–Crippen MR) is 59.6 cm³/mol. The molecule has 1 saturated heterocycles. The van der Waals surface area contributed by atoms with Crippen molar-refractivity contribution in [2.24, 2.45) is 0 Å². The van der Waals surface area contributed by atoms with Gasteiger partial charge in [-0.05, 0) is 30.8 Å². The molecule has 3 nitrogen and oxygen atoms in total. The molecule has 82 valence electrons. The molecule has 0 aromatic rings. The molecule has 4 heteroatoms. The third kappa shape index (κ3) is 3.50. The number of methoxy groups -OCH3 is 1. The second-order valence-electron chi connectivity index (χ2n) is 3.54. The fourth-order valence-corrected chi connectivity index (χ4v) is 2.75. The molecule has 0 spiro atoms. The number of rotatable bonds is 4. The average Bonchev–Trinajstić information content (AvgIpc) is 2.26. The summed E-state index contributed by atoms with van der Waals surface area (Å²) in [7, 11) is 1.45. The normalized spacial score (nSPS) is 20.4. The highest BCUT2D eigenvalue weighted by Gasteiger charge is 2.22. The Hall–Kier alpha value is -0.220. The molecule has 0 bridgehead atoms. The van der Waals surface area contributed by atoms with E-state index in [1.165, 1.54) is 18.6 Å². The molecule has 0 amide bonds. The Morgan fingerprint density at radius 1 is 1.57 bits per heavy atom. The molecule has 1 aliphatic heterocycles. The molecule has 1 heterocycles. The maximum absolute atomic E-state index is 11.3. The Kier molecular flexibility index (Phi) is 5.33. The zero-order valence-electron chi connectivity index (χ0n) is 8.91. The van der Waals surface area contributed by atoms with Gasteiger partial charge in [0, 0.05) is 6.04 Å². The minimum Gasteiger partial charge on any atom is -0.468 e. The van der Waals surface area contributed by atoms with Crippen LogP contribution in [-0.4, -0.2) is 36.7 Å². The standard InChI is InChI=1S/C10H19NO2S/c1-3-9(10(12)13-2)11-8-4-6-14-7-5-8/h8-9,11H,3-7H2,1-2H3. The summed E-state index contributed by atoms with van der Waals surface area (Å²) in [6.45, 7) is 2.01. The first-order chi connectivity index (χ1) is 6.77. The van der Waals surface area contributed by atoms with E-state index in [1.54, 1.807) is 0 Å². The molecule has 1 N–H and O–H groups in total. The topological polar surface area (TPSA) is 38.3 Å². The molecule has 0 aromatic carbocycles. The lowest BCUT2D eigenvalue weighted by Crippen LogP contribution is -2.44. The fourth-order valence-electron chi connectivity index (χ4n) is 1.64. The van der Waals surface area contributed by atoms with Gasteiger partial charge in [-0.2, -0.15) is 11.8 Å². The maximum atomic E-state index is 11.3. The first-order valence-corrected chi connectivity index (χ1v) is 6.35. The van der Waals surface area contributed by atoms with E-state index in [2.05, 4.69) is 5.32 Å². The third-order valence-corrected chi connectivity index (χ3v) is 3.60. The predicted octanol–water partition coefficient (Wildman–Crippen LogP) is 1.42. The summed E-state index contributed by atoms with van der Waals surface area (Å²) in [5, 5.41) is 3.37. The van der Waals surface area contributed by atoms with Crippen LogP contribution in [0.1, 0.15) is 26.2 Å². The van der Waals surface area contributed by atoms with Crippen LogP contribution in [0.15, 0.2) is 0 Å². The van der Waals surface area contributed by atoms with Crippen LogP contribution in [0.2, 0.25) is 0 Å². The van der Waals surface area contributed by atoms with Crippen molar-refractivity contribution in [1.82, 2.24) is 5.32 Å². The maximum Gasteiger partial charge on any atom is 0.322 e. The van der Waals surface area contributed by atoms with E-state index in [4.69, 9.17) is 4.74 Å². The molecule has 1 unspecified atom stereocenters. The molecule has 14 heavy (non-hydrogen) atoms. The molecule has 0 aliphatic carbocycles. The van der Waals surface area contributed by atoms with Crippen molar-refractivity contribution in [1.29, 1.82) is 0 Å². The van der Waals surface area contributed by atoms with E-state index in [1.807, 2.05) is 18.7 Å². The Morgan fingerprint density at radius 2 is 2.21 bits per heavy atom. The Labute approximate surface area is 90.0 Å². The van der Waals surface area contributed by atoms with Crippen molar-refractivity contribution < 1.29 is 9.53 Å². The summed E-state index contributed by atoms with van der Waals surface area (Å²) >= 11 is 1.99. The van der Waals surface area contributed by atoms with Crippen molar-refractivity contribution in [2.75, 3.05) is 18.6 Å². The van der Waals surface area contributed by atoms with Gasteiger partial charge in [-0.3, -0.25) is 4.79 Å². The summed E-state index contributed by atoms with van der Waals surface area (Å²) in [5.74, 6) is 2.27. The van der Waals surface area contributed by atoms with Crippen LogP contribution in [0.3, 0.4) is 0 Å². The summed E-state index contributed by atoms with van der Waals surface area (Å²) < 4.78 is 4.74. The molecule has 0 saturated carbocycles. The summed E-state index contributed by atoms with van der Waals surface area (Å²) in [6, 6.07) is 0.383. The van der Waals surface area contributed by atoms with Crippen LogP contribution < -0.4 is 5.32 Å². The molecule has 0 aromatic heterocycles. The van der Waals surface area contributed by atoms with Gasteiger partial charge in [0.25, 0.3) is 0 Å². The van der Waals surface area contributed by atoms with Gasteiger partial charge in [-0.25, -0.2) is 0 Å². The second kappa shape index (κ2) is 6.30. The van der Waals surface area contributed by atoms with Gasteiger partial charge in [0.2, 0.25) is 0 Å². The van der Waals surface area contributed by atoms with Crippen molar-refractivity contribution in [2.45, 2.75) is 38.3 Å². The number of esters is 1. The number of nitrogens with one attached hydrogen (secondary N) is 1. The average molecular weight is 217 g/mol. The Morgan fingerprint density at radius 3 is 2.71 bits per heavy atom. The SMILES string of the molecule is CCC(NC1CCSCC1)C(=O)OC. The van der Waals surface area contributed by atoms with E-state index in [0.29, 0.717) is 6.04 Å². The highest BCUT2D eigenvalue weighted by molar-refractivity contribution is 7.99. The first-order valence-electron chi connectivity index (χ1n) is 5.19. The van der Waals surface area contributed by atoms with Crippen molar-refractivity contribution in [3.63, 3.8) is 0 Å². The van der Waals surface area contributed by atoms with Crippen LogP contribution >= 0.6 is 11.8 Å². The van der Waals surface area contributed by atoms with E-state index in [9.17, 15) is 4.79 Å². The van der Waals surface area contributed by atoms with Gasteiger partial charge in [0.1, 0.15) is 6.04 Å². The first kappa shape index (κ1) is 11.9. The van der Waals surface area contributed by atoms with E-state index in [-0.39, 0.29) is 12.0 Å². The molecule has 1 atom stereocenters. The molecular formula is C10H19NO2S. The number of carbonyl (C=O) groups excluding carboxylic acids is 1. The lowest BCUT2D eigenvalue weighted by atomic mass is 10.1. The van der Waals surface area contributed by atoms with Crippen molar-refractivity contribution >= 4 is 17.7 Å². The smallest absolute Gasteiger partial charge is 0.322 e. The number of carbonyl (C=O) groups is 1. The van der Waals surface area contributed by atoms with Gasteiger partial charge in [0.05, 0.1) is 7.11 Å². The quantitative estimate of drug-likeness (QED) is 0.723. The van der Waals surface area contributed by atoms with E-state index >= 15 is 0 Å². The van der Waals surface area contributed by atoms with Gasteiger partial charge >= 0.3 is 5.97 Å². The van der Waals surface area contributed by atoms with E-state index < -0.39 is 0 Å². The monoisotopic (exact) mass is 217 g/mol. The summed E-state index contributed by atoms with van der Waals surface area (Å²) in [6.07, 6.45) is 3.13. The molecule has 1 fully saturated rings. The van der Waals surface area contributed by atoms with Gasteiger partial charge in [-0.15, -0.1) is 0 Å². The van der Waals surface area contributed by atoms with Gasteiger partial charge in [0.15, 0.2) is 0 Å². The van der Waals surface area contributed by atoms with E-state index in [0.717, 1.165) is 19.3 Å². The minimum absolute atomic E-state index is 0.118. The van der Waals surface area contributed by atoms with Crippen LogP contribution in [0, 0.1) is 0 Å². The zero-order valence-corrected chi connectivity index (χ0v) is 9.73. The molecular weight excluding hydrogens is 198 g/mol. The summed E-state index contributed by atoms with van der Waals surface area (Å²) in [4.78, 5) is 11.3. The molecule has 0 radical (unpaired) electrons. The van der Waals surface area contributed by atoms with Crippen molar-refractivity contribution in [3.05, 3.63) is 0 Å². The Bertz CT molecular complexity index is 181. The lowest BCUT2D eigenvalue weighted by Gasteiger charge is -2.26. The fraction of sp³-hybridized carbons (Fsp3) is 0.900. The highest BCUT2D eigenvalue weighted by Crippen LogP contribution is 2.17.